The van der Waals surface area contributed by atoms with Crippen LogP contribution in [0.2, 0.25) is 0 Å². The Morgan fingerprint density at radius 3 is 2.58 bits per heavy atom. The van der Waals surface area contributed by atoms with Crippen LogP contribution in [0.25, 0.3) is 10.9 Å². The van der Waals surface area contributed by atoms with Crippen molar-refractivity contribution in [2.24, 2.45) is 0 Å². The summed E-state index contributed by atoms with van der Waals surface area (Å²) in [6, 6.07) is 13.4. The summed E-state index contributed by atoms with van der Waals surface area (Å²) in [4.78, 5) is 8.60. The van der Waals surface area contributed by atoms with Crippen molar-refractivity contribution in [3.63, 3.8) is 0 Å². The zero-order valence-electron chi connectivity index (χ0n) is 10.6. The molecule has 94 valence electrons. The average molecular weight is 250 g/mol. The molecule has 1 atom stereocenters. The van der Waals surface area contributed by atoms with E-state index < -0.39 is 6.10 Å². The van der Waals surface area contributed by atoms with E-state index in [1.54, 1.807) is 12.4 Å². The standard InChI is InChI=1S/C16H14N2O/c1-11-5-3-10-18-15(11)16(19)13-6-2-8-14-12(13)7-4-9-17-14/h2-10,16,19H,1H3. The highest BCUT2D eigenvalue weighted by atomic mass is 16.3. The number of hydrogen-bond donors (Lipinski definition) is 1. The molecule has 0 aliphatic carbocycles. The van der Waals surface area contributed by atoms with Crippen molar-refractivity contribution < 1.29 is 5.11 Å². The molecule has 0 radical (unpaired) electrons. The zero-order chi connectivity index (χ0) is 13.2. The number of hydrogen-bond acceptors (Lipinski definition) is 3. The van der Waals surface area contributed by atoms with Gasteiger partial charge in [0.05, 0.1) is 11.2 Å². The number of pyridine rings is 2. The molecular formula is C16H14N2O. The number of aliphatic hydroxyl groups excluding tert-OH is 1. The zero-order valence-corrected chi connectivity index (χ0v) is 10.6. The summed E-state index contributed by atoms with van der Waals surface area (Å²) in [5.41, 5.74) is 3.40. The number of nitrogens with zero attached hydrogens (tertiary/aromatic N) is 2. The number of aliphatic hydroxyl groups is 1. The lowest BCUT2D eigenvalue weighted by atomic mass is 9.99. The number of benzene rings is 1. The molecular weight excluding hydrogens is 236 g/mol. The summed E-state index contributed by atoms with van der Waals surface area (Å²) in [6.07, 6.45) is 2.73. The summed E-state index contributed by atoms with van der Waals surface area (Å²) >= 11 is 0. The summed E-state index contributed by atoms with van der Waals surface area (Å²) in [5.74, 6) is 0. The molecule has 1 unspecified atom stereocenters. The molecule has 0 amide bonds. The normalized spacial score (nSPS) is 12.5. The van der Waals surface area contributed by atoms with Crippen LogP contribution in [-0.4, -0.2) is 15.1 Å². The van der Waals surface area contributed by atoms with Gasteiger partial charge in [0, 0.05) is 17.8 Å². The first-order valence-electron chi connectivity index (χ1n) is 6.20. The van der Waals surface area contributed by atoms with E-state index in [2.05, 4.69) is 9.97 Å². The Hall–Kier alpha value is -2.26. The molecule has 3 rings (SSSR count). The summed E-state index contributed by atoms with van der Waals surface area (Å²) in [5, 5.41) is 11.5. The van der Waals surface area contributed by atoms with Crippen LogP contribution in [0.5, 0.6) is 0 Å². The third kappa shape index (κ3) is 2.09. The van der Waals surface area contributed by atoms with Gasteiger partial charge in [-0.2, -0.15) is 0 Å². The number of fused-ring (bicyclic) bond motifs is 1. The van der Waals surface area contributed by atoms with Gasteiger partial charge in [0.25, 0.3) is 0 Å². The summed E-state index contributed by atoms with van der Waals surface area (Å²) < 4.78 is 0. The Morgan fingerprint density at radius 2 is 1.74 bits per heavy atom. The van der Waals surface area contributed by atoms with Gasteiger partial charge in [-0.3, -0.25) is 9.97 Å². The minimum Gasteiger partial charge on any atom is -0.382 e. The topological polar surface area (TPSA) is 46.0 Å². The van der Waals surface area contributed by atoms with Gasteiger partial charge < -0.3 is 5.11 Å². The third-order valence-corrected chi connectivity index (χ3v) is 3.28. The molecule has 19 heavy (non-hydrogen) atoms. The highest BCUT2D eigenvalue weighted by Crippen LogP contribution is 2.28. The van der Waals surface area contributed by atoms with Gasteiger partial charge in [0.1, 0.15) is 6.10 Å². The number of rotatable bonds is 2. The molecule has 3 heteroatoms. The monoisotopic (exact) mass is 250 g/mol. The molecule has 2 aromatic heterocycles. The first-order valence-corrected chi connectivity index (χ1v) is 6.20. The predicted octanol–water partition coefficient (Wildman–Crippen LogP) is 3.02. The molecule has 0 spiro atoms. The maximum Gasteiger partial charge on any atom is 0.122 e. The molecule has 1 aromatic carbocycles. The first kappa shape index (κ1) is 11.8. The Labute approximate surface area is 111 Å². The van der Waals surface area contributed by atoms with Gasteiger partial charge in [-0.05, 0) is 36.2 Å². The van der Waals surface area contributed by atoms with Crippen LogP contribution in [0.1, 0.15) is 22.9 Å². The van der Waals surface area contributed by atoms with Crippen molar-refractivity contribution in [2.45, 2.75) is 13.0 Å². The molecule has 0 saturated heterocycles. The van der Waals surface area contributed by atoms with Crippen LogP contribution < -0.4 is 0 Å². The minimum atomic E-state index is -0.728. The molecule has 0 aliphatic rings. The molecule has 0 saturated carbocycles. The fourth-order valence-electron chi connectivity index (χ4n) is 2.30. The van der Waals surface area contributed by atoms with Crippen molar-refractivity contribution in [3.05, 3.63) is 71.7 Å². The maximum absolute atomic E-state index is 10.6. The highest BCUT2D eigenvalue weighted by Gasteiger charge is 2.16. The van der Waals surface area contributed by atoms with Crippen LogP contribution in [0.4, 0.5) is 0 Å². The second-order valence-electron chi connectivity index (χ2n) is 4.53. The molecule has 0 fully saturated rings. The van der Waals surface area contributed by atoms with Crippen LogP contribution in [0.3, 0.4) is 0 Å². The van der Waals surface area contributed by atoms with Gasteiger partial charge in [-0.15, -0.1) is 0 Å². The van der Waals surface area contributed by atoms with E-state index >= 15 is 0 Å². The second kappa shape index (κ2) is 4.78. The summed E-state index contributed by atoms with van der Waals surface area (Å²) in [6.45, 7) is 1.95. The first-order chi connectivity index (χ1) is 9.27. The van der Waals surface area contributed by atoms with E-state index in [9.17, 15) is 5.11 Å². The van der Waals surface area contributed by atoms with E-state index in [0.29, 0.717) is 5.69 Å². The third-order valence-electron chi connectivity index (χ3n) is 3.28. The SMILES string of the molecule is Cc1cccnc1C(O)c1cccc2ncccc12. The molecule has 2 heterocycles. The van der Waals surface area contributed by atoms with Crippen LogP contribution in [-0.2, 0) is 0 Å². The van der Waals surface area contributed by atoms with Gasteiger partial charge in [0.15, 0.2) is 0 Å². The van der Waals surface area contributed by atoms with E-state index in [4.69, 9.17) is 0 Å². The Bertz CT molecular complexity index is 719. The van der Waals surface area contributed by atoms with Crippen molar-refractivity contribution in [3.8, 4) is 0 Å². The van der Waals surface area contributed by atoms with Gasteiger partial charge in [0.2, 0.25) is 0 Å². The van der Waals surface area contributed by atoms with Gasteiger partial charge in [-0.1, -0.05) is 24.3 Å². The molecule has 0 aliphatic heterocycles. The summed E-state index contributed by atoms with van der Waals surface area (Å²) in [7, 11) is 0. The van der Waals surface area contributed by atoms with Gasteiger partial charge in [-0.25, -0.2) is 0 Å². The molecule has 0 bridgehead atoms. The smallest absolute Gasteiger partial charge is 0.122 e. The van der Waals surface area contributed by atoms with Crippen molar-refractivity contribution in [1.82, 2.24) is 9.97 Å². The van der Waals surface area contributed by atoms with Crippen molar-refractivity contribution in [1.29, 1.82) is 0 Å². The quantitative estimate of drug-likeness (QED) is 0.760. The van der Waals surface area contributed by atoms with Crippen molar-refractivity contribution >= 4 is 10.9 Å². The van der Waals surface area contributed by atoms with Crippen LogP contribution in [0.15, 0.2) is 54.9 Å². The molecule has 3 nitrogen and oxygen atoms in total. The highest BCUT2D eigenvalue weighted by molar-refractivity contribution is 5.82. The largest absolute Gasteiger partial charge is 0.382 e. The van der Waals surface area contributed by atoms with E-state index in [1.165, 1.54) is 0 Å². The lowest BCUT2D eigenvalue weighted by Crippen LogP contribution is -2.05. The Morgan fingerprint density at radius 1 is 0.947 bits per heavy atom. The maximum atomic E-state index is 10.6. The Balaban J connectivity index is 2.17. The number of aromatic nitrogens is 2. The fraction of sp³-hybridized carbons (Fsp3) is 0.125. The van der Waals surface area contributed by atoms with Crippen LogP contribution in [0, 0.1) is 6.92 Å². The average Bonchev–Trinajstić information content (AvgIpc) is 2.46. The lowest BCUT2D eigenvalue weighted by Gasteiger charge is -2.14. The fourth-order valence-corrected chi connectivity index (χ4v) is 2.30. The van der Waals surface area contributed by atoms with Crippen LogP contribution >= 0.6 is 0 Å². The minimum absolute atomic E-state index is 0.693. The number of aryl methyl sites for hydroxylation is 1. The lowest BCUT2D eigenvalue weighted by molar-refractivity contribution is 0.216. The van der Waals surface area contributed by atoms with E-state index in [-0.39, 0.29) is 0 Å². The van der Waals surface area contributed by atoms with Crippen molar-refractivity contribution in [2.75, 3.05) is 0 Å². The Kier molecular flexibility index (Phi) is 2.97. The molecule has 3 aromatic rings. The predicted molar refractivity (Wildman–Crippen MR) is 74.8 cm³/mol. The second-order valence-corrected chi connectivity index (χ2v) is 4.53. The molecule has 1 N–H and O–H groups in total. The van der Waals surface area contributed by atoms with E-state index in [0.717, 1.165) is 22.0 Å². The van der Waals surface area contributed by atoms with E-state index in [1.807, 2.05) is 49.4 Å². The van der Waals surface area contributed by atoms with Gasteiger partial charge >= 0.3 is 0 Å².